The van der Waals surface area contributed by atoms with E-state index in [1.54, 1.807) is 24.8 Å². The van der Waals surface area contributed by atoms with Crippen LogP contribution in [-0.4, -0.2) is 26.6 Å². The average Bonchev–Trinajstić information content (AvgIpc) is 3.17. The molecule has 6 nitrogen and oxygen atoms in total. The number of fused-ring (bicyclic) bond motifs is 1. The fourth-order valence-electron chi connectivity index (χ4n) is 3.08. The van der Waals surface area contributed by atoms with Gasteiger partial charge in [-0.1, -0.05) is 46.6 Å². The van der Waals surface area contributed by atoms with Crippen LogP contribution in [0.15, 0.2) is 60.3 Å². The number of ether oxygens (including phenoxy) is 1. The van der Waals surface area contributed by atoms with Crippen LogP contribution in [-0.2, 0) is 11.4 Å². The molecule has 2 aromatic carbocycles. The zero-order valence-corrected chi connectivity index (χ0v) is 15.9. The lowest BCUT2D eigenvalue weighted by atomic mass is 9.95. The van der Waals surface area contributed by atoms with Gasteiger partial charge in [0.2, 0.25) is 0 Å². The molecule has 1 aliphatic heterocycles. The Hall–Kier alpha value is -2.57. The molecule has 3 aromatic rings. The van der Waals surface area contributed by atoms with Crippen molar-refractivity contribution in [3.05, 3.63) is 76.3 Å². The Morgan fingerprint density at radius 3 is 2.70 bits per heavy atom. The van der Waals surface area contributed by atoms with Crippen LogP contribution in [0.25, 0.3) is 0 Å². The first-order chi connectivity index (χ1) is 13.1. The molecule has 2 atom stereocenters. The molecule has 27 heavy (non-hydrogen) atoms. The number of nitrogens with zero attached hydrogens (tertiary/aromatic N) is 4. The molecule has 0 saturated heterocycles. The summed E-state index contributed by atoms with van der Waals surface area (Å²) in [5, 5.41) is 13.4. The van der Waals surface area contributed by atoms with Crippen molar-refractivity contribution in [2.75, 3.05) is 0 Å². The minimum Gasteiger partial charge on any atom is -0.487 e. The largest absolute Gasteiger partial charge is 0.487 e. The van der Waals surface area contributed by atoms with Crippen molar-refractivity contribution in [2.45, 2.75) is 25.7 Å². The smallest absolute Gasteiger partial charge is 0.143 e. The lowest BCUT2D eigenvalue weighted by Gasteiger charge is -2.32. The van der Waals surface area contributed by atoms with Gasteiger partial charge >= 0.3 is 0 Å². The first-order valence-corrected chi connectivity index (χ1v) is 9.13. The fraction of sp³-hybridized carbons (Fsp3) is 0.211. The van der Waals surface area contributed by atoms with Crippen LogP contribution in [0, 0.1) is 0 Å². The van der Waals surface area contributed by atoms with E-state index in [-0.39, 0.29) is 18.8 Å². The van der Waals surface area contributed by atoms with Gasteiger partial charge in [0.15, 0.2) is 0 Å². The van der Waals surface area contributed by atoms with Crippen molar-refractivity contribution in [3.63, 3.8) is 0 Å². The summed E-state index contributed by atoms with van der Waals surface area (Å²) < 4.78 is 7.91. The maximum atomic E-state index is 6.21. The summed E-state index contributed by atoms with van der Waals surface area (Å²) in [5.74, 6) is 0.765. The van der Waals surface area contributed by atoms with Crippen molar-refractivity contribution in [2.24, 2.45) is 5.16 Å². The number of hydrogen-bond acceptors (Lipinski definition) is 5. The molecule has 0 unspecified atom stereocenters. The Morgan fingerprint density at radius 1 is 1.15 bits per heavy atom. The number of hydrogen-bond donors (Lipinski definition) is 0. The number of para-hydroxylation sites is 1. The lowest BCUT2D eigenvalue weighted by molar-refractivity contribution is 0.122. The van der Waals surface area contributed by atoms with Crippen molar-refractivity contribution in [1.29, 1.82) is 0 Å². The van der Waals surface area contributed by atoms with E-state index in [1.165, 1.54) is 0 Å². The number of oxime groups is 1. The zero-order chi connectivity index (χ0) is 18.8. The van der Waals surface area contributed by atoms with Gasteiger partial charge in [-0.15, -0.1) is 10.2 Å². The number of rotatable bonds is 4. The molecule has 0 spiro atoms. The third kappa shape index (κ3) is 3.63. The van der Waals surface area contributed by atoms with Crippen LogP contribution in [0.1, 0.15) is 24.1 Å². The summed E-state index contributed by atoms with van der Waals surface area (Å²) in [6.45, 7) is 2.21. The monoisotopic (exact) mass is 402 g/mol. The van der Waals surface area contributed by atoms with Crippen LogP contribution >= 0.6 is 23.2 Å². The molecule has 138 valence electrons. The van der Waals surface area contributed by atoms with E-state index in [4.69, 9.17) is 32.8 Å². The SMILES string of the molecule is C[C@@H]1Oc2ccccc2/C(=N/OCc2ccc(Cl)cc2Cl)[C@H]1n1cnnc1. The summed E-state index contributed by atoms with van der Waals surface area (Å²) in [7, 11) is 0. The van der Waals surface area contributed by atoms with Gasteiger partial charge in [-0.3, -0.25) is 0 Å². The number of aromatic nitrogens is 3. The highest BCUT2D eigenvalue weighted by atomic mass is 35.5. The van der Waals surface area contributed by atoms with Crippen molar-refractivity contribution in [3.8, 4) is 5.75 Å². The topological polar surface area (TPSA) is 61.5 Å². The number of halogens is 2. The molecule has 0 radical (unpaired) electrons. The van der Waals surface area contributed by atoms with Crippen molar-refractivity contribution >= 4 is 28.9 Å². The first-order valence-electron chi connectivity index (χ1n) is 8.37. The Balaban J connectivity index is 1.66. The van der Waals surface area contributed by atoms with Gasteiger partial charge in [0.05, 0.1) is 0 Å². The average molecular weight is 403 g/mol. The van der Waals surface area contributed by atoms with Gasteiger partial charge in [0.1, 0.15) is 42.9 Å². The Labute approximate surface area is 166 Å². The van der Waals surface area contributed by atoms with Crippen LogP contribution < -0.4 is 4.74 Å². The van der Waals surface area contributed by atoms with E-state index >= 15 is 0 Å². The van der Waals surface area contributed by atoms with Gasteiger partial charge < -0.3 is 14.1 Å². The molecule has 2 heterocycles. The fourth-order valence-corrected chi connectivity index (χ4v) is 3.54. The third-order valence-corrected chi connectivity index (χ3v) is 4.94. The van der Waals surface area contributed by atoms with E-state index in [2.05, 4.69) is 15.4 Å². The van der Waals surface area contributed by atoms with Crippen LogP contribution in [0.4, 0.5) is 0 Å². The Kier molecular flexibility index (Phi) is 5.01. The minimum absolute atomic E-state index is 0.169. The van der Waals surface area contributed by atoms with Gasteiger partial charge in [-0.05, 0) is 31.2 Å². The first kappa shape index (κ1) is 17.8. The van der Waals surface area contributed by atoms with E-state index in [9.17, 15) is 0 Å². The van der Waals surface area contributed by atoms with E-state index < -0.39 is 0 Å². The van der Waals surface area contributed by atoms with E-state index in [0.29, 0.717) is 10.0 Å². The lowest BCUT2D eigenvalue weighted by Crippen LogP contribution is -2.37. The maximum absolute atomic E-state index is 6.21. The molecule has 0 bridgehead atoms. The second kappa shape index (κ2) is 7.58. The predicted octanol–water partition coefficient (Wildman–Crippen LogP) is 4.53. The molecule has 0 fully saturated rings. The molecule has 4 rings (SSSR count). The molecule has 1 aliphatic rings. The molecule has 8 heteroatoms. The zero-order valence-electron chi connectivity index (χ0n) is 14.4. The third-order valence-electron chi connectivity index (χ3n) is 4.36. The van der Waals surface area contributed by atoms with Crippen LogP contribution in [0.5, 0.6) is 5.75 Å². The Morgan fingerprint density at radius 2 is 1.93 bits per heavy atom. The summed E-state index contributed by atoms with van der Waals surface area (Å²) in [6, 6.07) is 12.8. The molecular weight excluding hydrogens is 387 g/mol. The maximum Gasteiger partial charge on any atom is 0.143 e. The van der Waals surface area contributed by atoms with E-state index in [1.807, 2.05) is 41.8 Å². The predicted molar refractivity (Wildman–Crippen MR) is 103 cm³/mol. The summed E-state index contributed by atoms with van der Waals surface area (Å²) in [4.78, 5) is 5.66. The van der Waals surface area contributed by atoms with Gasteiger partial charge in [0.25, 0.3) is 0 Å². The van der Waals surface area contributed by atoms with E-state index in [0.717, 1.165) is 22.6 Å². The van der Waals surface area contributed by atoms with Crippen LogP contribution in [0.2, 0.25) is 10.0 Å². The van der Waals surface area contributed by atoms with Gasteiger partial charge in [0, 0.05) is 21.2 Å². The molecule has 0 saturated carbocycles. The van der Waals surface area contributed by atoms with Gasteiger partial charge in [-0.2, -0.15) is 0 Å². The molecule has 0 amide bonds. The normalized spacial score (nSPS) is 20.2. The second-order valence-corrected chi connectivity index (χ2v) is 7.00. The Bertz CT molecular complexity index is 976. The second-order valence-electron chi connectivity index (χ2n) is 6.16. The van der Waals surface area contributed by atoms with Crippen molar-refractivity contribution in [1.82, 2.24) is 14.8 Å². The number of benzene rings is 2. The molecule has 0 aliphatic carbocycles. The quantitative estimate of drug-likeness (QED) is 0.601. The van der Waals surface area contributed by atoms with Crippen molar-refractivity contribution < 1.29 is 9.57 Å². The highest BCUT2D eigenvalue weighted by Gasteiger charge is 2.34. The highest BCUT2D eigenvalue weighted by Crippen LogP contribution is 2.34. The summed E-state index contributed by atoms with van der Waals surface area (Å²) >= 11 is 12.2. The summed E-state index contributed by atoms with van der Waals surface area (Å²) in [6.07, 6.45) is 3.12. The minimum atomic E-state index is -0.212. The molecule has 1 aromatic heterocycles. The molecule has 0 N–H and O–H groups in total. The van der Waals surface area contributed by atoms with Crippen LogP contribution in [0.3, 0.4) is 0 Å². The molecular formula is C19H16Cl2N4O2. The summed E-state index contributed by atoms with van der Waals surface area (Å²) in [5.41, 5.74) is 2.42. The van der Waals surface area contributed by atoms with Gasteiger partial charge in [-0.25, -0.2) is 0 Å². The standard InChI is InChI=1S/C19H16Cl2N4O2/c1-12-19(25-10-22-23-11-25)18(15-4-2-3-5-17(15)27-12)24-26-9-13-6-7-14(20)8-16(13)21/h2-8,10-12,19H,9H2,1H3/b24-18-/t12-,19-/m0/s1. The highest BCUT2D eigenvalue weighted by molar-refractivity contribution is 6.35.